The lowest BCUT2D eigenvalue weighted by atomic mass is 9.77. The van der Waals surface area contributed by atoms with Crippen molar-refractivity contribution in [2.75, 3.05) is 6.54 Å². The third kappa shape index (κ3) is 2.67. The fourth-order valence-corrected chi connectivity index (χ4v) is 4.50. The Balaban J connectivity index is 1.61. The van der Waals surface area contributed by atoms with Gasteiger partial charge in [0.25, 0.3) is 0 Å². The van der Waals surface area contributed by atoms with Crippen LogP contribution in [-0.2, 0) is 4.79 Å². The summed E-state index contributed by atoms with van der Waals surface area (Å²) in [6.45, 7) is 5.43. The lowest BCUT2D eigenvalue weighted by molar-refractivity contribution is -0.135. The molecule has 0 aromatic heterocycles. The monoisotopic (exact) mass is 264 g/mol. The van der Waals surface area contributed by atoms with E-state index in [4.69, 9.17) is 0 Å². The van der Waals surface area contributed by atoms with Gasteiger partial charge in [0.05, 0.1) is 6.04 Å². The van der Waals surface area contributed by atoms with Gasteiger partial charge in [-0.05, 0) is 50.9 Å². The molecule has 3 rings (SSSR count). The zero-order valence-corrected chi connectivity index (χ0v) is 12.4. The van der Waals surface area contributed by atoms with Crippen LogP contribution in [-0.4, -0.2) is 35.5 Å². The molecular formula is C16H28N2O. The molecule has 3 aliphatic rings. The summed E-state index contributed by atoms with van der Waals surface area (Å²) < 4.78 is 0. The van der Waals surface area contributed by atoms with Gasteiger partial charge >= 0.3 is 0 Å². The van der Waals surface area contributed by atoms with E-state index >= 15 is 0 Å². The Morgan fingerprint density at radius 2 is 1.89 bits per heavy atom. The van der Waals surface area contributed by atoms with Gasteiger partial charge in [-0.1, -0.05) is 19.8 Å². The maximum atomic E-state index is 12.7. The number of fused-ring (bicyclic) bond motifs is 1. The van der Waals surface area contributed by atoms with Crippen molar-refractivity contribution in [3.8, 4) is 0 Å². The summed E-state index contributed by atoms with van der Waals surface area (Å²) >= 11 is 0. The third-order valence-electron chi connectivity index (χ3n) is 5.52. The van der Waals surface area contributed by atoms with Gasteiger partial charge in [-0.25, -0.2) is 0 Å². The van der Waals surface area contributed by atoms with E-state index in [2.05, 4.69) is 24.1 Å². The number of nitrogens with one attached hydrogen (secondary N) is 1. The topological polar surface area (TPSA) is 32.3 Å². The first-order chi connectivity index (χ1) is 9.15. The van der Waals surface area contributed by atoms with Gasteiger partial charge in [-0.2, -0.15) is 0 Å². The molecule has 1 amide bonds. The minimum atomic E-state index is 0.104. The summed E-state index contributed by atoms with van der Waals surface area (Å²) in [5, 5.41) is 3.68. The standard InChI is InChI=1S/C16H28N2O/c1-11-9-12(2)18(10-11)16(19)15-8-7-13-5-3-4-6-14(13)17-15/h11-15,17H,3-10H2,1-2H3. The number of hydrogen-bond donors (Lipinski definition) is 1. The van der Waals surface area contributed by atoms with E-state index in [1.807, 2.05) is 0 Å². The first-order valence-corrected chi connectivity index (χ1v) is 8.21. The van der Waals surface area contributed by atoms with Gasteiger partial charge < -0.3 is 10.2 Å². The molecule has 1 aliphatic carbocycles. The molecule has 0 aromatic carbocycles. The second kappa shape index (κ2) is 5.43. The summed E-state index contributed by atoms with van der Waals surface area (Å²) in [5.74, 6) is 1.89. The largest absolute Gasteiger partial charge is 0.338 e. The highest BCUT2D eigenvalue weighted by Crippen LogP contribution is 2.33. The van der Waals surface area contributed by atoms with E-state index in [-0.39, 0.29) is 6.04 Å². The summed E-state index contributed by atoms with van der Waals surface area (Å²) in [6, 6.07) is 1.16. The number of carbonyl (C=O) groups excluding carboxylic acids is 1. The molecule has 108 valence electrons. The number of rotatable bonds is 1. The van der Waals surface area contributed by atoms with Crippen LogP contribution in [0.1, 0.15) is 58.8 Å². The van der Waals surface area contributed by atoms with Crippen LogP contribution in [0.5, 0.6) is 0 Å². The Hall–Kier alpha value is -0.570. The summed E-state index contributed by atoms with van der Waals surface area (Å²) in [6.07, 6.45) is 8.86. The number of nitrogens with zero attached hydrogens (tertiary/aromatic N) is 1. The predicted molar refractivity (Wildman–Crippen MR) is 76.9 cm³/mol. The molecule has 0 spiro atoms. The molecule has 1 saturated carbocycles. The van der Waals surface area contributed by atoms with Crippen LogP contribution in [0.3, 0.4) is 0 Å². The van der Waals surface area contributed by atoms with Crippen LogP contribution in [0.2, 0.25) is 0 Å². The van der Waals surface area contributed by atoms with Crippen molar-refractivity contribution in [2.24, 2.45) is 11.8 Å². The van der Waals surface area contributed by atoms with Gasteiger partial charge in [0.15, 0.2) is 0 Å². The molecule has 19 heavy (non-hydrogen) atoms. The van der Waals surface area contributed by atoms with Gasteiger partial charge in [0.2, 0.25) is 5.91 Å². The fraction of sp³-hybridized carbons (Fsp3) is 0.938. The SMILES string of the molecule is CC1CC(C)N(C(=O)C2CCC3CCCCC3N2)C1. The van der Waals surface area contributed by atoms with Crippen molar-refractivity contribution in [1.82, 2.24) is 10.2 Å². The van der Waals surface area contributed by atoms with Gasteiger partial charge in [-0.15, -0.1) is 0 Å². The summed E-state index contributed by atoms with van der Waals surface area (Å²) in [7, 11) is 0. The predicted octanol–water partition coefficient (Wildman–Crippen LogP) is 2.55. The van der Waals surface area contributed by atoms with Crippen LogP contribution in [0.15, 0.2) is 0 Å². The summed E-state index contributed by atoms with van der Waals surface area (Å²) in [5.41, 5.74) is 0. The van der Waals surface area contributed by atoms with E-state index < -0.39 is 0 Å². The Kier molecular flexibility index (Phi) is 3.84. The molecule has 5 atom stereocenters. The maximum Gasteiger partial charge on any atom is 0.239 e. The van der Waals surface area contributed by atoms with Crippen LogP contribution in [0, 0.1) is 11.8 Å². The van der Waals surface area contributed by atoms with E-state index in [0.717, 1.165) is 18.9 Å². The van der Waals surface area contributed by atoms with Crippen molar-refractivity contribution in [3.05, 3.63) is 0 Å². The Morgan fingerprint density at radius 1 is 1.11 bits per heavy atom. The molecule has 0 bridgehead atoms. The molecule has 5 unspecified atom stereocenters. The first-order valence-electron chi connectivity index (χ1n) is 8.21. The van der Waals surface area contributed by atoms with E-state index in [1.165, 1.54) is 38.5 Å². The molecule has 2 heterocycles. The zero-order valence-electron chi connectivity index (χ0n) is 12.4. The second-order valence-electron chi connectivity index (χ2n) is 7.13. The molecule has 0 aromatic rings. The summed E-state index contributed by atoms with van der Waals surface area (Å²) in [4.78, 5) is 14.8. The van der Waals surface area contributed by atoms with Crippen molar-refractivity contribution < 1.29 is 4.79 Å². The highest BCUT2D eigenvalue weighted by atomic mass is 16.2. The van der Waals surface area contributed by atoms with Gasteiger partial charge in [-0.3, -0.25) is 4.79 Å². The molecule has 0 radical (unpaired) electrons. The lowest BCUT2D eigenvalue weighted by Gasteiger charge is -2.41. The second-order valence-corrected chi connectivity index (χ2v) is 7.13. The van der Waals surface area contributed by atoms with E-state index in [9.17, 15) is 4.79 Å². The minimum absolute atomic E-state index is 0.104. The molecule has 2 aliphatic heterocycles. The maximum absolute atomic E-state index is 12.7. The molecule has 3 nitrogen and oxygen atoms in total. The molecule has 3 fully saturated rings. The van der Waals surface area contributed by atoms with Crippen molar-refractivity contribution in [3.63, 3.8) is 0 Å². The van der Waals surface area contributed by atoms with Crippen molar-refractivity contribution in [1.29, 1.82) is 0 Å². The normalized spacial score (nSPS) is 43.1. The number of hydrogen-bond acceptors (Lipinski definition) is 2. The smallest absolute Gasteiger partial charge is 0.239 e. The van der Waals surface area contributed by atoms with Gasteiger partial charge in [0.1, 0.15) is 0 Å². The van der Waals surface area contributed by atoms with Crippen molar-refractivity contribution in [2.45, 2.75) is 76.9 Å². The third-order valence-corrected chi connectivity index (χ3v) is 5.52. The molecule has 1 N–H and O–H groups in total. The Bertz CT molecular complexity index is 344. The number of carbonyl (C=O) groups is 1. The lowest BCUT2D eigenvalue weighted by Crippen LogP contribution is -2.56. The molecule has 3 heteroatoms. The highest BCUT2D eigenvalue weighted by molar-refractivity contribution is 5.82. The van der Waals surface area contributed by atoms with Gasteiger partial charge in [0, 0.05) is 18.6 Å². The van der Waals surface area contributed by atoms with Crippen LogP contribution < -0.4 is 5.32 Å². The van der Waals surface area contributed by atoms with Crippen LogP contribution in [0.25, 0.3) is 0 Å². The number of piperidine rings is 1. The number of amides is 1. The highest BCUT2D eigenvalue weighted by Gasteiger charge is 2.39. The molecular weight excluding hydrogens is 236 g/mol. The first kappa shape index (κ1) is 13.4. The Morgan fingerprint density at radius 3 is 2.63 bits per heavy atom. The molecule has 2 saturated heterocycles. The van der Waals surface area contributed by atoms with Crippen LogP contribution in [0.4, 0.5) is 0 Å². The fourth-order valence-electron chi connectivity index (χ4n) is 4.50. The van der Waals surface area contributed by atoms with E-state index in [1.54, 1.807) is 0 Å². The Labute approximate surface area is 117 Å². The van der Waals surface area contributed by atoms with Crippen LogP contribution >= 0.6 is 0 Å². The average Bonchev–Trinajstić information content (AvgIpc) is 2.76. The number of likely N-dealkylation sites (tertiary alicyclic amines) is 1. The average molecular weight is 264 g/mol. The van der Waals surface area contributed by atoms with E-state index in [0.29, 0.717) is 23.9 Å². The van der Waals surface area contributed by atoms with Crippen molar-refractivity contribution >= 4 is 5.91 Å². The zero-order chi connectivity index (χ0) is 13.4. The minimum Gasteiger partial charge on any atom is -0.338 e. The quantitative estimate of drug-likeness (QED) is 0.789.